The zero-order valence-corrected chi connectivity index (χ0v) is 11.5. The van der Waals surface area contributed by atoms with Crippen molar-refractivity contribution in [1.29, 1.82) is 0 Å². The van der Waals surface area contributed by atoms with Gasteiger partial charge in [-0.25, -0.2) is 4.79 Å². The lowest BCUT2D eigenvalue weighted by molar-refractivity contribution is -0.142. The third kappa shape index (κ3) is 3.61. The zero-order chi connectivity index (χ0) is 14.5. The maximum absolute atomic E-state index is 11.4. The molecule has 6 nitrogen and oxygen atoms in total. The first kappa shape index (κ1) is 14.1. The van der Waals surface area contributed by atoms with E-state index in [2.05, 4.69) is 9.73 Å². The van der Waals surface area contributed by atoms with Crippen molar-refractivity contribution in [2.24, 2.45) is 10.7 Å². The number of nitrogens with two attached hydrogens (primary N) is 1. The first-order chi connectivity index (χ1) is 9.58. The third-order valence-corrected chi connectivity index (χ3v) is 3.21. The van der Waals surface area contributed by atoms with E-state index in [0.717, 1.165) is 17.3 Å². The highest BCUT2D eigenvalue weighted by molar-refractivity contribution is 8.18. The Morgan fingerprint density at radius 1 is 1.40 bits per heavy atom. The lowest BCUT2D eigenvalue weighted by atomic mass is 10.2. The number of ether oxygens (including phenoxy) is 2. The third-order valence-electron chi connectivity index (χ3n) is 2.40. The summed E-state index contributed by atoms with van der Waals surface area (Å²) < 4.78 is 9.68. The summed E-state index contributed by atoms with van der Waals surface area (Å²) in [7, 11) is 1.30. The molecule has 0 saturated heterocycles. The van der Waals surface area contributed by atoms with E-state index in [1.807, 2.05) is 0 Å². The zero-order valence-electron chi connectivity index (χ0n) is 10.7. The van der Waals surface area contributed by atoms with E-state index in [1.54, 1.807) is 30.3 Å². The number of carbonyl (C=O) groups excluding carboxylic acids is 2. The second-order valence-corrected chi connectivity index (χ2v) is 4.86. The van der Waals surface area contributed by atoms with Gasteiger partial charge in [0.05, 0.1) is 12.0 Å². The summed E-state index contributed by atoms with van der Waals surface area (Å²) in [4.78, 5) is 26.5. The van der Waals surface area contributed by atoms with Gasteiger partial charge in [-0.2, -0.15) is 4.99 Å². The van der Waals surface area contributed by atoms with Crippen molar-refractivity contribution < 1.29 is 19.1 Å². The van der Waals surface area contributed by atoms with Gasteiger partial charge in [0.15, 0.2) is 11.8 Å². The fraction of sp³-hybridized carbons (Fsp3) is 0.154. The molecule has 0 spiro atoms. The summed E-state index contributed by atoms with van der Waals surface area (Å²) >= 11 is 1.14. The number of methoxy groups -OCH3 is 1. The van der Waals surface area contributed by atoms with Gasteiger partial charge < -0.3 is 15.2 Å². The number of esters is 1. The summed E-state index contributed by atoms with van der Waals surface area (Å²) in [5, 5.41) is 0.249. The van der Waals surface area contributed by atoms with Crippen molar-refractivity contribution in [2.75, 3.05) is 13.7 Å². The molecule has 0 atom stereocenters. The molecule has 0 aromatic heterocycles. The molecular formula is C13H12N2O4S. The van der Waals surface area contributed by atoms with Gasteiger partial charge in [0.25, 0.3) is 5.91 Å². The molecule has 20 heavy (non-hydrogen) atoms. The molecule has 1 aromatic carbocycles. The number of carbonyl (C=O) groups is 2. The lowest BCUT2D eigenvalue weighted by Gasteiger charge is -2.04. The van der Waals surface area contributed by atoms with Gasteiger partial charge in [-0.05, 0) is 35.5 Å². The number of thioether (sulfide) groups is 1. The van der Waals surface area contributed by atoms with E-state index < -0.39 is 5.97 Å². The summed E-state index contributed by atoms with van der Waals surface area (Å²) in [6.45, 7) is -0.143. The Kier molecular flexibility index (Phi) is 4.41. The quantitative estimate of drug-likeness (QED) is 0.661. The smallest absolute Gasteiger partial charge is 0.343 e. The van der Waals surface area contributed by atoms with Crippen LogP contribution in [0.4, 0.5) is 0 Å². The minimum atomic E-state index is -0.447. The molecule has 1 aliphatic heterocycles. The molecule has 0 unspecified atom stereocenters. The number of hydrogen-bond acceptors (Lipinski definition) is 6. The van der Waals surface area contributed by atoms with E-state index in [9.17, 15) is 9.59 Å². The second-order valence-electron chi connectivity index (χ2n) is 3.80. The van der Waals surface area contributed by atoms with Crippen LogP contribution in [0.5, 0.6) is 5.75 Å². The van der Waals surface area contributed by atoms with Gasteiger partial charge in [-0.15, -0.1) is 0 Å². The summed E-state index contributed by atoms with van der Waals surface area (Å²) in [6, 6.07) is 6.93. The SMILES string of the molecule is COC(=O)COc1ccc(C=C2SC(N)=NC2=O)cc1. The number of benzene rings is 1. The number of amides is 1. The predicted octanol–water partition coefficient (Wildman–Crippen LogP) is 1.17. The summed E-state index contributed by atoms with van der Waals surface area (Å²) in [5.74, 6) is -0.242. The Balaban J connectivity index is 2.00. The average molecular weight is 292 g/mol. The fourth-order valence-corrected chi connectivity index (χ4v) is 2.12. The molecule has 1 heterocycles. The van der Waals surface area contributed by atoms with E-state index >= 15 is 0 Å². The highest BCUT2D eigenvalue weighted by Gasteiger charge is 2.19. The van der Waals surface area contributed by atoms with Crippen molar-refractivity contribution in [2.45, 2.75) is 0 Å². The maximum Gasteiger partial charge on any atom is 0.343 e. The molecule has 1 aliphatic rings. The van der Waals surface area contributed by atoms with Crippen LogP contribution in [0, 0.1) is 0 Å². The Hall–Kier alpha value is -2.28. The van der Waals surface area contributed by atoms with Gasteiger partial charge in [-0.3, -0.25) is 4.79 Å². The number of hydrogen-bond donors (Lipinski definition) is 1. The largest absolute Gasteiger partial charge is 0.482 e. The van der Waals surface area contributed by atoms with Crippen molar-refractivity contribution >= 4 is 34.9 Å². The highest BCUT2D eigenvalue weighted by atomic mass is 32.2. The van der Waals surface area contributed by atoms with Crippen molar-refractivity contribution in [3.05, 3.63) is 34.7 Å². The number of amidine groups is 1. The monoisotopic (exact) mass is 292 g/mol. The van der Waals surface area contributed by atoms with Crippen LogP contribution in [-0.4, -0.2) is 30.8 Å². The molecule has 0 saturated carbocycles. The van der Waals surface area contributed by atoms with Gasteiger partial charge >= 0.3 is 5.97 Å². The molecule has 1 amide bonds. The van der Waals surface area contributed by atoms with Crippen molar-refractivity contribution in [3.8, 4) is 5.75 Å². The van der Waals surface area contributed by atoms with Crippen LogP contribution >= 0.6 is 11.8 Å². The number of rotatable bonds is 4. The van der Waals surface area contributed by atoms with Crippen LogP contribution in [-0.2, 0) is 14.3 Å². The minimum absolute atomic E-state index is 0.143. The summed E-state index contributed by atoms with van der Waals surface area (Å²) in [6.07, 6.45) is 1.69. The van der Waals surface area contributed by atoms with Crippen molar-refractivity contribution in [1.82, 2.24) is 0 Å². The number of aliphatic imine (C=N–C) groups is 1. The van der Waals surface area contributed by atoms with Crippen molar-refractivity contribution in [3.63, 3.8) is 0 Å². The topological polar surface area (TPSA) is 91.0 Å². The average Bonchev–Trinajstić information content (AvgIpc) is 2.75. The molecular weight excluding hydrogens is 280 g/mol. The van der Waals surface area contributed by atoms with Gasteiger partial charge in [-0.1, -0.05) is 12.1 Å². The van der Waals surface area contributed by atoms with Crippen LogP contribution < -0.4 is 10.5 Å². The Morgan fingerprint density at radius 3 is 2.65 bits per heavy atom. The van der Waals surface area contributed by atoms with Crippen LogP contribution in [0.15, 0.2) is 34.2 Å². The highest BCUT2D eigenvalue weighted by Crippen LogP contribution is 2.26. The van der Waals surface area contributed by atoms with Gasteiger partial charge in [0.2, 0.25) is 0 Å². The van der Waals surface area contributed by atoms with E-state index in [-0.39, 0.29) is 17.7 Å². The Bertz CT molecular complexity index is 593. The molecule has 0 fully saturated rings. The van der Waals surface area contributed by atoms with Crippen LogP contribution in [0.2, 0.25) is 0 Å². The molecule has 0 aliphatic carbocycles. The normalized spacial score (nSPS) is 16.1. The van der Waals surface area contributed by atoms with E-state index in [1.165, 1.54) is 7.11 Å². The lowest BCUT2D eigenvalue weighted by Crippen LogP contribution is -2.12. The molecule has 1 aromatic rings. The Labute approximate surface area is 119 Å². The van der Waals surface area contributed by atoms with Gasteiger partial charge in [0, 0.05) is 0 Å². The maximum atomic E-state index is 11.4. The molecule has 0 bridgehead atoms. The standard InChI is InChI=1S/C13H12N2O4S/c1-18-11(16)7-19-9-4-2-8(3-5-9)6-10-12(17)15-13(14)20-10/h2-6H,7H2,1H3,(H2,14,15,17). The molecule has 104 valence electrons. The van der Waals surface area contributed by atoms with E-state index in [0.29, 0.717) is 10.7 Å². The van der Waals surface area contributed by atoms with Crippen LogP contribution in [0.3, 0.4) is 0 Å². The van der Waals surface area contributed by atoms with E-state index in [4.69, 9.17) is 10.5 Å². The summed E-state index contributed by atoms with van der Waals surface area (Å²) in [5.41, 5.74) is 6.28. The molecule has 7 heteroatoms. The second kappa shape index (κ2) is 6.25. The minimum Gasteiger partial charge on any atom is -0.482 e. The Morgan fingerprint density at radius 2 is 2.10 bits per heavy atom. The molecule has 0 radical (unpaired) electrons. The van der Waals surface area contributed by atoms with Crippen LogP contribution in [0.25, 0.3) is 6.08 Å². The van der Waals surface area contributed by atoms with Crippen LogP contribution in [0.1, 0.15) is 5.56 Å². The fourth-order valence-electron chi connectivity index (χ4n) is 1.44. The predicted molar refractivity (Wildman–Crippen MR) is 76.2 cm³/mol. The first-order valence-corrected chi connectivity index (χ1v) is 6.48. The number of nitrogens with zero attached hydrogens (tertiary/aromatic N) is 1. The molecule has 2 N–H and O–H groups in total. The van der Waals surface area contributed by atoms with Gasteiger partial charge in [0.1, 0.15) is 5.75 Å². The molecule has 2 rings (SSSR count). The first-order valence-electron chi connectivity index (χ1n) is 5.66.